The molecule has 0 unspecified atom stereocenters. The molecule has 3 heteroatoms. The highest BCUT2D eigenvalue weighted by Crippen LogP contribution is 2.25. The van der Waals surface area contributed by atoms with Crippen LogP contribution in [-0.2, 0) is 6.54 Å². The lowest BCUT2D eigenvalue weighted by Crippen LogP contribution is -2.27. The van der Waals surface area contributed by atoms with Gasteiger partial charge in [-0.2, -0.15) is 0 Å². The van der Waals surface area contributed by atoms with E-state index in [2.05, 4.69) is 79.0 Å². The molecule has 1 N–H and O–H groups in total. The van der Waals surface area contributed by atoms with Crippen LogP contribution in [0.3, 0.4) is 0 Å². The summed E-state index contributed by atoms with van der Waals surface area (Å²) in [7, 11) is 0. The van der Waals surface area contributed by atoms with E-state index in [0.29, 0.717) is 11.8 Å². The van der Waals surface area contributed by atoms with Gasteiger partial charge in [-0.15, -0.1) is 0 Å². The van der Waals surface area contributed by atoms with E-state index in [1.807, 2.05) is 0 Å². The van der Waals surface area contributed by atoms with Crippen molar-refractivity contribution in [2.24, 2.45) is 11.8 Å². The second-order valence-electron chi connectivity index (χ2n) is 6.23. The zero-order chi connectivity index (χ0) is 15.1. The Labute approximate surface area is 133 Å². The van der Waals surface area contributed by atoms with Gasteiger partial charge in [0.2, 0.25) is 0 Å². The van der Waals surface area contributed by atoms with Crippen molar-refractivity contribution in [2.75, 3.05) is 24.5 Å². The van der Waals surface area contributed by atoms with Crippen molar-refractivity contribution in [1.29, 1.82) is 0 Å². The molecule has 114 valence electrons. The normalized spacial score (nSPS) is 11.4. The smallest absolute Gasteiger partial charge is 0.0377 e. The Bertz CT molecular complexity index is 402. The molecule has 0 aliphatic carbocycles. The van der Waals surface area contributed by atoms with Crippen LogP contribution in [0, 0.1) is 11.8 Å². The monoisotopic (exact) mass is 340 g/mol. The van der Waals surface area contributed by atoms with Gasteiger partial charge in [-0.05, 0) is 43.0 Å². The molecule has 0 atom stereocenters. The van der Waals surface area contributed by atoms with Crippen LogP contribution in [0.15, 0.2) is 22.7 Å². The maximum Gasteiger partial charge on any atom is 0.0377 e. The molecule has 0 bridgehead atoms. The molecule has 0 aliphatic rings. The van der Waals surface area contributed by atoms with Gasteiger partial charge in [0.25, 0.3) is 0 Å². The van der Waals surface area contributed by atoms with Gasteiger partial charge in [0.15, 0.2) is 0 Å². The van der Waals surface area contributed by atoms with Gasteiger partial charge in [0.05, 0.1) is 0 Å². The first-order valence-corrected chi connectivity index (χ1v) is 8.47. The molecule has 1 aromatic rings. The Kier molecular flexibility index (Phi) is 7.60. The molecule has 2 nitrogen and oxygen atoms in total. The highest BCUT2D eigenvalue weighted by molar-refractivity contribution is 9.10. The summed E-state index contributed by atoms with van der Waals surface area (Å²) in [4.78, 5) is 2.43. The first-order chi connectivity index (χ1) is 9.43. The second kappa shape index (κ2) is 8.68. The molecule has 0 fully saturated rings. The van der Waals surface area contributed by atoms with E-state index in [4.69, 9.17) is 0 Å². The minimum atomic E-state index is 0.682. The van der Waals surface area contributed by atoms with Crippen molar-refractivity contribution in [2.45, 2.75) is 41.2 Å². The Morgan fingerprint density at radius 2 is 1.85 bits per heavy atom. The predicted molar refractivity (Wildman–Crippen MR) is 93.4 cm³/mol. The number of rotatable bonds is 8. The number of nitrogens with zero attached hydrogens (tertiary/aromatic N) is 1. The zero-order valence-corrected chi connectivity index (χ0v) is 15.1. The van der Waals surface area contributed by atoms with E-state index >= 15 is 0 Å². The molecule has 0 amide bonds. The molecule has 1 rings (SSSR count). The van der Waals surface area contributed by atoms with Crippen LogP contribution in [0.1, 0.15) is 40.2 Å². The van der Waals surface area contributed by atoms with E-state index in [0.717, 1.165) is 26.2 Å². The average Bonchev–Trinajstić information content (AvgIpc) is 2.37. The molecule has 0 aromatic heterocycles. The number of nitrogens with one attached hydrogen (secondary N) is 1. The Hall–Kier alpha value is -0.540. The summed E-state index contributed by atoms with van der Waals surface area (Å²) >= 11 is 3.71. The predicted octanol–water partition coefficient (Wildman–Crippen LogP) is 4.68. The maximum atomic E-state index is 3.71. The van der Waals surface area contributed by atoms with Gasteiger partial charge in [-0.3, -0.25) is 0 Å². The van der Waals surface area contributed by atoms with Crippen molar-refractivity contribution in [3.05, 3.63) is 28.2 Å². The summed E-state index contributed by atoms with van der Waals surface area (Å²) in [6.07, 6.45) is 0. The summed E-state index contributed by atoms with van der Waals surface area (Å²) in [6.45, 7) is 15.4. The van der Waals surface area contributed by atoms with E-state index < -0.39 is 0 Å². The van der Waals surface area contributed by atoms with Crippen molar-refractivity contribution in [1.82, 2.24) is 5.32 Å². The molecule has 0 aliphatic heterocycles. The standard InChI is InChI=1S/C17H29BrN2/c1-6-20(12-14(4)5)16-8-7-15(17(18)9-16)11-19-10-13(2)3/h7-9,13-14,19H,6,10-12H2,1-5H3. The van der Waals surface area contributed by atoms with E-state index in [9.17, 15) is 0 Å². The van der Waals surface area contributed by atoms with Gasteiger partial charge in [-0.1, -0.05) is 49.7 Å². The lowest BCUT2D eigenvalue weighted by atomic mass is 10.1. The lowest BCUT2D eigenvalue weighted by molar-refractivity contribution is 0.551. The Morgan fingerprint density at radius 3 is 2.35 bits per heavy atom. The number of anilines is 1. The van der Waals surface area contributed by atoms with Gasteiger partial charge in [0, 0.05) is 29.8 Å². The van der Waals surface area contributed by atoms with Crippen LogP contribution in [0.2, 0.25) is 0 Å². The third-order valence-electron chi connectivity index (χ3n) is 3.24. The van der Waals surface area contributed by atoms with Crippen molar-refractivity contribution >= 4 is 21.6 Å². The summed E-state index contributed by atoms with van der Waals surface area (Å²) in [5, 5.41) is 3.49. The molecule has 0 radical (unpaired) electrons. The van der Waals surface area contributed by atoms with E-state index in [1.165, 1.54) is 15.7 Å². The Balaban J connectivity index is 2.71. The number of hydrogen-bond donors (Lipinski definition) is 1. The van der Waals surface area contributed by atoms with Crippen LogP contribution in [0.5, 0.6) is 0 Å². The highest BCUT2D eigenvalue weighted by Gasteiger charge is 2.09. The molecule has 0 saturated carbocycles. The Morgan fingerprint density at radius 1 is 1.15 bits per heavy atom. The fourth-order valence-corrected chi connectivity index (χ4v) is 2.74. The van der Waals surface area contributed by atoms with Crippen LogP contribution in [-0.4, -0.2) is 19.6 Å². The minimum Gasteiger partial charge on any atom is -0.372 e. The molecular formula is C17H29BrN2. The van der Waals surface area contributed by atoms with Crippen LogP contribution >= 0.6 is 15.9 Å². The van der Waals surface area contributed by atoms with E-state index in [1.54, 1.807) is 0 Å². The molecule has 1 aromatic carbocycles. The first kappa shape index (κ1) is 17.5. The molecular weight excluding hydrogens is 312 g/mol. The summed E-state index contributed by atoms with van der Waals surface area (Å²) in [6, 6.07) is 6.72. The van der Waals surface area contributed by atoms with Crippen molar-refractivity contribution in [3.8, 4) is 0 Å². The maximum absolute atomic E-state index is 3.71. The fraction of sp³-hybridized carbons (Fsp3) is 0.647. The molecule has 20 heavy (non-hydrogen) atoms. The van der Waals surface area contributed by atoms with Crippen molar-refractivity contribution < 1.29 is 0 Å². The average molecular weight is 341 g/mol. The summed E-state index contributed by atoms with van der Waals surface area (Å²) in [5.74, 6) is 1.37. The third-order valence-corrected chi connectivity index (χ3v) is 3.98. The topological polar surface area (TPSA) is 15.3 Å². The minimum absolute atomic E-state index is 0.682. The fourth-order valence-electron chi connectivity index (χ4n) is 2.23. The van der Waals surface area contributed by atoms with E-state index in [-0.39, 0.29) is 0 Å². The van der Waals surface area contributed by atoms with Gasteiger partial charge in [-0.25, -0.2) is 0 Å². The third kappa shape index (κ3) is 5.84. The SMILES string of the molecule is CCN(CC(C)C)c1ccc(CNCC(C)C)c(Br)c1. The van der Waals surface area contributed by atoms with Crippen LogP contribution in [0.4, 0.5) is 5.69 Å². The highest BCUT2D eigenvalue weighted by atomic mass is 79.9. The summed E-state index contributed by atoms with van der Waals surface area (Å²) in [5.41, 5.74) is 2.63. The summed E-state index contributed by atoms with van der Waals surface area (Å²) < 4.78 is 1.20. The molecule has 0 saturated heterocycles. The van der Waals surface area contributed by atoms with Gasteiger partial charge < -0.3 is 10.2 Å². The van der Waals surface area contributed by atoms with Crippen molar-refractivity contribution in [3.63, 3.8) is 0 Å². The van der Waals surface area contributed by atoms with Gasteiger partial charge in [0.1, 0.15) is 0 Å². The number of halogens is 1. The first-order valence-electron chi connectivity index (χ1n) is 7.68. The molecule has 0 heterocycles. The number of hydrogen-bond acceptors (Lipinski definition) is 2. The van der Waals surface area contributed by atoms with Gasteiger partial charge >= 0.3 is 0 Å². The quantitative estimate of drug-likeness (QED) is 0.739. The number of benzene rings is 1. The second-order valence-corrected chi connectivity index (χ2v) is 7.09. The van der Waals surface area contributed by atoms with Crippen LogP contribution in [0.25, 0.3) is 0 Å². The molecule has 0 spiro atoms. The van der Waals surface area contributed by atoms with Crippen LogP contribution < -0.4 is 10.2 Å². The lowest BCUT2D eigenvalue weighted by Gasteiger charge is -2.25. The largest absolute Gasteiger partial charge is 0.372 e. The zero-order valence-electron chi connectivity index (χ0n) is 13.5.